The largest absolute Gasteiger partial charge is 0.504 e. The molecular weight excluding hydrogens is 321 g/mol. The number of aromatic hydroxyl groups is 1. The maximum Gasteiger partial charge on any atom is 0.331 e. The molecule has 0 radical (unpaired) electrons. The highest BCUT2D eigenvalue weighted by Gasteiger charge is 2.25. The molecule has 2 aromatic rings. The van der Waals surface area contributed by atoms with E-state index in [4.69, 9.17) is 9.84 Å². The van der Waals surface area contributed by atoms with E-state index in [1.807, 2.05) is 0 Å². The molecule has 1 heterocycles. The van der Waals surface area contributed by atoms with E-state index in [-0.39, 0.29) is 12.3 Å². The van der Waals surface area contributed by atoms with E-state index in [9.17, 15) is 19.1 Å². The summed E-state index contributed by atoms with van der Waals surface area (Å²) in [5, 5.41) is 25.1. The second-order valence-electron chi connectivity index (χ2n) is 4.75. The molecular formula is C15H16FN3O5. The molecule has 1 aromatic carbocycles. The number of benzene rings is 1. The molecule has 3 N–H and O–H groups in total. The number of nitrogens with zero attached hydrogens (tertiary/aromatic N) is 2. The minimum Gasteiger partial charge on any atom is -0.504 e. The molecule has 2 rings (SSSR count). The number of nitrogens with one attached hydrogen (secondary N) is 1. The zero-order valence-corrected chi connectivity index (χ0v) is 12.8. The number of hydrogen-bond donors (Lipinski definition) is 3. The van der Waals surface area contributed by atoms with Gasteiger partial charge in [-0.25, -0.2) is 13.9 Å². The zero-order valence-electron chi connectivity index (χ0n) is 12.8. The van der Waals surface area contributed by atoms with Crippen molar-refractivity contribution in [1.82, 2.24) is 15.1 Å². The maximum atomic E-state index is 13.2. The average molecular weight is 337 g/mol. The van der Waals surface area contributed by atoms with Gasteiger partial charge in [-0.1, -0.05) is 6.07 Å². The first-order valence-electron chi connectivity index (χ1n) is 7.09. The van der Waals surface area contributed by atoms with Crippen LogP contribution >= 0.6 is 0 Å². The van der Waals surface area contributed by atoms with Gasteiger partial charge in [0.25, 0.3) is 5.91 Å². The number of halogens is 1. The lowest BCUT2D eigenvalue weighted by Gasteiger charge is -2.13. The van der Waals surface area contributed by atoms with Gasteiger partial charge in [-0.15, -0.1) is 0 Å². The summed E-state index contributed by atoms with van der Waals surface area (Å²) in [6.07, 6.45) is 1.13. The van der Waals surface area contributed by atoms with Crippen LogP contribution in [0, 0.1) is 5.82 Å². The molecule has 0 aliphatic heterocycles. The van der Waals surface area contributed by atoms with Gasteiger partial charge in [0.2, 0.25) is 0 Å². The molecule has 1 amide bonds. The molecule has 1 aromatic heterocycles. The Morgan fingerprint density at radius 2 is 2.21 bits per heavy atom. The lowest BCUT2D eigenvalue weighted by molar-refractivity contribution is -0.146. The molecule has 0 bridgehead atoms. The van der Waals surface area contributed by atoms with Crippen LogP contribution in [0.4, 0.5) is 4.39 Å². The first-order valence-corrected chi connectivity index (χ1v) is 7.09. The number of carbonyl (C=O) groups is 2. The van der Waals surface area contributed by atoms with E-state index in [1.165, 1.54) is 24.3 Å². The molecule has 0 spiro atoms. The molecule has 0 aliphatic rings. The van der Waals surface area contributed by atoms with Crippen molar-refractivity contribution in [3.05, 3.63) is 42.0 Å². The molecule has 24 heavy (non-hydrogen) atoms. The van der Waals surface area contributed by atoms with Gasteiger partial charge in [-0.3, -0.25) is 4.79 Å². The van der Waals surface area contributed by atoms with Crippen LogP contribution in [0.15, 0.2) is 30.5 Å². The van der Waals surface area contributed by atoms with Crippen molar-refractivity contribution in [3.8, 4) is 11.4 Å². The number of aliphatic hydroxyl groups is 1. The van der Waals surface area contributed by atoms with Gasteiger partial charge in [-0.2, -0.15) is 5.10 Å². The average Bonchev–Trinajstić information content (AvgIpc) is 2.94. The van der Waals surface area contributed by atoms with E-state index < -0.39 is 36.1 Å². The number of aromatic nitrogens is 2. The third-order valence-corrected chi connectivity index (χ3v) is 3.04. The lowest BCUT2D eigenvalue weighted by Crippen LogP contribution is -2.44. The Hall–Kier alpha value is -2.94. The van der Waals surface area contributed by atoms with E-state index in [2.05, 4.69) is 10.4 Å². The van der Waals surface area contributed by atoms with Crippen LogP contribution in [0.3, 0.4) is 0 Å². The van der Waals surface area contributed by atoms with Crippen molar-refractivity contribution in [2.24, 2.45) is 0 Å². The monoisotopic (exact) mass is 337 g/mol. The fourth-order valence-electron chi connectivity index (χ4n) is 1.93. The van der Waals surface area contributed by atoms with Crippen LogP contribution in [0.25, 0.3) is 5.69 Å². The van der Waals surface area contributed by atoms with Crippen LogP contribution < -0.4 is 5.32 Å². The van der Waals surface area contributed by atoms with Crippen LogP contribution in [-0.2, 0) is 9.53 Å². The lowest BCUT2D eigenvalue weighted by atomic mass is 10.3. The standard InChI is InChI=1S/C15H16FN3O5/c1-2-24-15(23)11(8-20)17-14(22)13-12(21)7-19(18-13)10-5-3-4-9(16)6-10/h3-7,11,20-21H,2,8H2,1H3,(H,17,22)/t11-/m0/s1. The quantitative estimate of drug-likeness (QED) is 0.656. The van der Waals surface area contributed by atoms with E-state index in [1.54, 1.807) is 6.92 Å². The van der Waals surface area contributed by atoms with Crippen LogP contribution in [0.5, 0.6) is 5.75 Å². The van der Waals surface area contributed by atoms with Gasteiger partial charge in [-0.05, 0) is 25.1 Å². The van der Waals surface area contributed by atoms with Gasteiger partial charge < -0.3 is 20.3 Å². The fraction of sp³-hybridized carbons (Fsp3) is 0.267. The summed E-state index contributed by atoms with van der Waals surface area (Å²) in [6, 6.07) is 4.11. The zero-order chi connectivity index (χ0) is 17.7. The summed E-state index contributed by atoms with van der Waals surface area (Å²) in [6.45, 7) is 1.00. The second kappa shape index (κ2) is 7.55. The highest BCUT2D eigenvalue weighted by Crippen LogP contribution is 2.18. The van der Waals surface area contributed by atoms with Crippen molar-refractivity contribution in [2.75, 3.05) is 13.2 Å². The Kier molecular flexibility index (Phi) is 5.48. The molecule has 1 atom stereocenters. The van der Waals surface area contributed by atoms with Gasteiger partial charge in [0.15, 0.2) is 17.5 Å². The van der Waals surface area contributed by atoms with Gasteiger partial charge in [0.1, 0.15) is 5.82 Å². The minimum atomic E-state index is -1.28. The van der Waals surface area contributed by atoms with Crippen molar-refractivity contribution >= 4 is 11.9 Å². The Morgan fingerprint density at radius 3 is 2.83 bits per heavy atom. The maximum absolute atomic E-state index is 13.2. The molecule has 0 fully saturated rings. The Morgan fingerprint density at radius 1 is 1.46 bits per heavy atom. The van der Waals surface area contributed by atoms with Crippen LogP contribution in [0.2, 0.25) is 0 Å². The molecule has 0 saturated heterocycles. The van der Waals surface area contributed by atoms with Crippen molar-refractivity contribution in [1.29, 1.82) is 0 Å². The van der Waals surface area contributed by atoms with E-state index >= 15 is 0 Å². The SMILES string of the molecule is CCOC(=O)[C@H](CO)NC(=O)c1nn(-c2cccc(F)c2)cc1O. The van der Waals surface area contributed by atoms with Crippen LogP contribution in [0.1, 0.15) is 17.4 Å². The Labute approximate surface area is 136 Å². The first kappa shape index (κ1) is 17.4. The molecule has 0 saturated carbocycles. The number of aliphatic hydroxyl groups excluding tert-OH is 1. The van der Waals surface area contributed by atoms with E-state index in [0.29, 0.717) is 5.69 Å². The van der Waals surface area contributed by atoms with E-state index in [0.717, 1.165) is 10.9 Å². The number of esters is 1. The summed E-state index contributed by atoms with van der Waals surface area (Å²) in [5.41, 5.74) is -0.0736. The number of carbonyl (C=O) groups excluding carboxylic acids is 2. The third kappa shape index (κ3) is 3.87. The van der Waals surface area contributed by atoms with Crippen molar-refractivity contribution < 1.29 is 28.9 Å². The van der Waals surface area contributed by atoms with Crippen molar-refractivity contribution in [2.45, 2.75) is 13.0 Å². The summed E-state index contributed by atoms with van der Waals surface area (Å²) in [4.78, 5) is 23.7. The predicted molar refractivity (Wildman–Crippen MR) is 80.2 cm³/mol. The topological polar surface area (TPSA) is 114 Å². The van der Waals surface area contributed by atoms with Gasteiger partial charge in [0.05, 0.1) is 25.1 Å². The number of ether oxygens (including phenoxy) is 1. The number of rotatable bonds is 6. The Balaban J connectivity index is 2.20. The minimum absolute atomic E-state index is 0.0879. The van der Waals surface area contributed by atoms with Crippen LogP contribution in [-0.4, -0.2) is 51.1 Å². The predicted octanol–water partition coefficient (Wildman–Crippen LogP) is 0.371. The summed E-state index contributed by atoms with van der Waals surface area (Å²) >= 11 is 0. The first-order chi connectivity index (χ1) is 11.5. The Bertz CT molecular complexity index is 746. The second-order valence-corrected chi connectivity index (χ2v) is 4.75. The smallest absolute Gasteiger partial charge is 0.331 e. The highest BCUT2D eigenvalue weighted by atomic mass is 19.1. The molecule has 8 nitrogen and oxygen atoms in total. The molecule has 9 heteroatoms. The van der Waals surface area contributed by atoms with Gasteiger partial charge >= 0.3 is 5.97 Å². The molecule has 0 unspecified atom stereocenters. The summed E-state index contributed by atoms with van der Waals surface area (Å²) in [7, 11) is 0. The third-order valence-electron chi connectivity index (χ3n) is 3.04. The normalized spacial score (nSPS) is 11.8. The number of amides is 1. The highest BCUT2D eigenvalue weighted by molar-refractivity contribution is 5.97. The summed E-state index contributed by atoms with van der Waals surface area (Å²) < 4.78 is 19.1. The molecule has 128 valence electrons. The fourth-order valence-corrected chi connectivity index (χ4v) is 1.93. The van der Waals surface area contributed by atoms with Gasteiger partial charge in [0, 0.05) is 0 Å². The molecule has 0 aliphatic carbocycles. The number of hydrogen-bond acceptors (Lipinski definition) is 6. The van der Waals surface area contributed by atoms with Crippen molar-refractivity contribution in [3.63, 3.8) is 0 Å². The summed E-state index contributed by atoms with van der Waals surface area (Å²) in [5.74, 6) is -2.65.